The molecule has 2 rings (SSSR count). The molecule has 5 nitrogen and oxygen atoms in total. The first kappa shape index (κ1) is 16.0. The summed E-state index contributed by atoms with van der Waals surface area (Å²) in [5, 5.41) is 11.9. The molecule has 0 aliphatic carbocycles. The molecule has 0 N–H and O–H groups in total. The van der Waals surface area contributed by atoms with Gasteiger partial charge in [-0.25, -0.2) is 4.79 Å². The van der Waals surface area contributed by atoms with Gasteiger partial charge in [0.25, 0.3) is 0 Å². The van der Waals surface area contributed by atoms with Crippen LogP contribution in [0.1, 0.15) is 32.1 Å². The Bertz CT molecular complexity index is 771. The minimum atomic E-state index is -1.43. The highest BCUT2D eigenvalue weighted by Gasteiger charge is 2.24. The molecule has 0 spiro atoms. The maximum atomic E-state index is 12.1. The lowest BCUT2D eigenvalue weighted by atomic mass is 9.92. The lowest BCUT2D eigenvalue weighted by molar-refractivity contribution is -0.255. The van der Waals surface area contributed by atoms with Crippen molar-refractivity contribution in [3.05, 3.63) is 51.8 Å². The second-order valence-corrected chi connectivity index (χ2v) is 5.07. The van der Waals surface area contributed by atoms with Gasteiger partial charge in [-0.1, -0.05) is 29.8 Å². The molecule has 1 heterocycles. The van der Waals surface area contributed by atoms with Crippen molar-refractivity contribution >= 4 is 23.5 Å². The van der Waals surface area contributed by atoms with Crippen molar-refractivity contribution in [1.82, 2.24) is 4.98 Å². The minimum Gasteiger partial charge on any atom is -0.545 e. The van der Waals surface area contributed by atoms with E-state index in [-0.39, 0.29) is 22.4 Å². The third-order valence-corrected chi connectivity index (χ3v) is 3.63. The van der Waals surface area contributed by atoms with Crippen LogP contribution < -0.4 is 5.11 Å². The number of hydrogen-bond donors (Lipinski definition) is 0. The van der Waals surface area contributed by atoms with Gasteiger partial charge in [0.1, 0.15) is 0 Å². The first-order chi connectivity index (χ1) is 10.4. The summed E-state index contributed by atoms with van der Waals surface area (Å²) in [4.78, 5) is 27.8. The summed E-state index contributed by atoms with van der Waals surface area (Å²) in [5.41, 5.74) is 1.10. The van der Waals surface area contributed by atoms with Crippen LogP contribution in [0.15, 0.2) is 24.3 Å². The molecule has 0 saturated carbocycles. The molecule has 0 saturated heterocycles. The number of aromatic nitrogens is 1. The fourth-order valence-corrected chi connectivity index (χ4v) is 2.62. The van der Waals surface area contributed by atoms with E-state index in [1.54, 1.807) is 38.1 Å². The Balaban J connectivity index is 2.98. The Morgan fingerprint density at radius 2 is 1.73 bits per heavy atom. The van der Waals surface area contributed by atoms with Gasteiger partial charge in [-0.15, -0.1) is 0 Å². The molecule has 1 aromatic carbocycles. The number of carboxylic acids is 1. The van der Waals surface area contributed by atoms with Crippen LogP contribution in [-0.4, -0.2) is 24.0 Å². The first-order valence-electron chi connectivity index (χ1n) is 6.44. The normalized spacial score (nSPS) is 10.4. The second-order valence-electron chi connectivity index (χ2n) is 4.67. The van der Waals surface area contributed by atoms with E-state index in [2.05, 4.69) is 4.98 Å². The van der Waals surface area contributed by atoms with Crippen LogP contribution in [0.2, 0.25) is 5.02 Å². The molecule has 0 radical (unpaired) electrons. The number of halogens is 1. The van der Waals surface area contributed by atoms with Gasteiger partial charge < -0.3 is 14.6 Å². The van der Waals surface area contributed by atoms with E-state index in [0.717, 1.165) is 0 Å². The van der Waals surface area contributed by atoms with Crippen LogP contribution in [0.25, 0.3) is 11.1 Å². The highest BCUT2D eigenvalue weighted by Crippen LogP contribution is 2.35. The zero-order chi connectivity index (χ0) is 16.4. The van der Waals surface area contributed by atoms with Crippen molar-refractivity contribution in [2.75, 3.05) is 7.11 Å². The van der Waals surface area contributed by atoms with Crippen molar-refractivity contribution in [2.24, 2.45) is 0 Å². The van der Waals surface area contributed by atoms with Crippen molar-refractivity contribution in [1.29, 1.82) is 0 Å². The molecule has 0 unspecified atom stereocenters. The van der Waals surface area contributed by atoms with E-state index < -0.39 is 11.9 Å². The number of esters is 1. The fourth-order valence-electron chi connectivity index (χ4n) is 2.39. The van der Waals surface area contributed by atoms with Gasteiger partial charge in [0.15, 0.2) is 0 Å². The van der Waals surface area contributed by atoms with E-state index in [1.165, 1.54) is 7.11 Å². The van der Waals surface area contributed by atoms with Crippen LogP contribution in [0, 0.1) is 13.8 Å². The summed E-state index contributed by atoms with van der Waals surface area (Å²) in [6.45, 7) is 3.15. The third-order valence-electron chi connectivity index (χ3n) is 3.30. The number of ether oxygens (including phenoxy) is 1. The maximum absolute atomic E-state index is 12.1. The van der Waals surface area contributed by atoms with Gasteiger partial charge in [0.05, 0.1) is 24.3 Å². The Hall–Kier alpha value is -2.40. The Kier molecular flexibility index (Phi) is 4.47. The van der Waals surface area contributed by atoms with Gasteiger partial charge >= 0.3 is 5.97 Å². The molecule has 22 heavy (non-hydrogen) atoms. The van der Waals surface area contributed by atoms with Gasteiger partial charge in [0, 0.05) is 27.4 Å². The second kappa shape index (κ2) is 6.15. The van der Waals surface area contributed by atoms with Gasteiger partial charge in [-0.3, -0.25) is 4.98 Å². The summed E-state index contributed by atoms with van der Waals surface area (Å²) in [6, 6.07) is 6.66. The molecule has 0 bridgehead atoms. The smallest absolute Gasteiger partial charge is 0.340 e. The van der Waals surface area contributed by atoms with Crippen LogP contribution in [0.3, 0.4) is 0 Å². The number of carboxylic acid groups (broad SMARTS) is 1. The summed E-state index contributed by atoms with van der Waals surface area (Å²) in [7, 11) is 1.22. The summed E-state index contributed by atoms with van der Waals surface area (Å²) < 4.78 is 4.76. The third kappa shape index (κ3) is 2.67. The SMILES string of the molecule is COC(=O)c1c(C)nc(C)c(C(=O)[O-])c1-c1ccccc1Cl. The molecule has 2 aromatic rings. The quantitative estimate of drug-likeness (QED) is 0.810. The highest BCUT2D eigenvalue weighted by atomic mass is 35.5. The average molecular weight is 319 g/mol. The monoisotopic (exact) mass is 318 g/mol. The summed E-state index contributed by atoms with van der Waals surface area (Å²) in [5.74, 6) is -2.10. The number of benzene rings is 1. The molecule has 0 aliphatic rings. The highest BCUT2D eigenvalue weighted by molar-refractivity contribution is 6.33. The number of pyridine rings is 1. The number of hydrogen-bond acceptors (Lipinski definition) is 5. The van der Waals surface area contributed by atoms with Crippen molar-refractivity contribution < 1.29 is 19.4 Å². The number of methoxy groups -OCH3 is 1. The zero-order valence-electron chi connectivity index (χ0n) is 12.3. The van der Waals surface area contributed by atoms with Crippen molar-refractivity contribution in [3.8, 4) is 11.1 Å². The number of rotatable bonds is 3. The predicted molar refractivity (Wildman–Crippen MR) is 79.8 cm³/mol. The van der Waals surface area contributed by atoms with Gasteiger partial charge in [0.2, 0.25) is 0 Å². The van der Waals surface area contributed by atoms with E-state index >= 15 is 0 Å². The number of nitrogens with zero attached hydrogens (tertiary/aromatic N) is 1. The zero-order valence-corrected chi connectivity index (χ0v) is 13.0. The largest absolute Gasteiger partial charge is 0.545 e. The van der Waals surface area contributed by atoms with Gasteiger partial charge in [-0.05, 0) is 19.9 Å². The molecular formula is C16H13ClNO4-. The Labute approximate surface area is 132 Å². The maximum Gasteiger partial charge on any atom is 0.340 e. The molecule has 6 heteroatoms. The van der Waals surface area contributed by atoms with E-state index in [9.17, 15) is 14.7 Å². The summed E-state index contributed by atoms with van der Waals surface area (Å²) in [6.07, 6.45) is 0. The predicted octanol–water partition coefficient (Wildman–Crippen LogP) is 2.17. The van der Waals surface area contributed by atoms with E-state index in [0.29, 0.717) is 16.3 Å². The molecule has 0 atom stereocenters. The van der Waals surface area contributed by atoms with Crippen molar-refractivity contribution in [2.45, 2.75) is 13.8 Å². The van der Waals surface area contributed by atoms with Crippen LogP contribution >= 0.6 is 11.6 Å². The number of aromatic carboxylic acids is 1. The molecule has 0 aliphatic heterocycles. The minimum absolute atomic E-state index is 0.0698. The van der Waals surface area contributed by atoms with Crippen LogP contribution in [0.4, 0.5) is 0 Å². The number of carbonyl (C=O) groups excluding carboxylic acids is 2. The molecule has 0 amide bonds. The average Bonchev–Trinajstić information content (AvgIpc) is 2.45. The molecule has 114 valence electrons. The number of carbonyl (C=O) groups is 2. The topological polar surface area (TPSA) is 79.3 Å². The number of aryl methyl sites for hydroxylation is 2. The molecule has 1 aromatic heterocycles. The standard InChI is InChI=1S/C16H14ClNO4/c1-8-12(15(19)20)14(10-6-4-5-7-11(10)17)13(9(2)18-8)16(21)22-3/h4-7H,1-3H3,(H,19,20)/p-1. The molecule has 0 fully saturated rings. The van der Waals surface area contributed by atoms with Crippen LogP contribution in [-0.2, 0) is 4.74 Å². The Morgan fingerprint density at radius 3 is 2.27 bits per heavy atom. The van der Waals surface area contributed by atoms with E-state index in [1.807, 2.05) is 0 Å². The fraction of sp³-hybridized carbons (Fsp3) is 0.188. The lowest BCUT2D eigenvalue weighted by Gasteiger charge is -2.19. The van der Waals surface area contributed by atoms with Crippen LogP contribution in [0.5, 0.6) is 0 Å². The summed E-state index contributed by atoms with van der Waals surface area (Å²) >= 11 is 6.17. The molecular weight excluding hydrogens is 306 g/mol. The van der Waals surface area contributed by atoms with Gasteiger partial charge in [-0.2, -0.15) is 0 Å². The Morgan fingerprint density at radius 1 is 1.14 bits per heavy atom. The van der Waals surface area contributed by atoms with Crippen molar-refractivity contribution in [3.63, 3.8) is 0 Å². The lowest BCUT2D eigenvalue weighted by Crippen LogP contribution is -2.26. The first-order valence-corrected chi connectivity index (χ1v) is 6.82. The van der Waals surface area contributed by atoms with E-state index in [4.69, 9.17) is 16.3 Å².